The van der Waals surface area contributed by atoms with Crippen LogP contribution in [0, 0.1) is 0 Å². The van der Waals surface area contributed by atoms with Gasteiger partial charge in [0.25, 0.3) is 0 Å². The van der Waals surface area contributed by atoms with E-state index in [0.29, 0.717) is 12.1 Å². The van der Waals surface area contributed by atoms with Crippen LogP contribution < -0.4 is 4.90 Å². The first-order chi connectivity index (χ1) is 12.4. The van der Waals surface area contributed by atoms with Crippen LogP contribution in [-0.4, -0.2) is 41.9 Å². The number of hydrogen-bond donors (Lipinski definition) is 0. The fourth-order valence-corrected chi connectivity index (χ4v) is 3.44. The van der Waals surface area contributed by atoms with Crippen molar-refractivity contribution >= 4 is 11.5 Å². The molecule has 2 aromatic rings. The van der Waals surface area contributed by atoms with Gasteiger partial charge < -0.3 is 9.80 Å². The molecule has 1 unspecified atom stereocenters. The molecule has 0 spiro atoms. The number of hydrazone groups is 1. The molecule has 0 N–H and O–H groups in total. The van der Waals surface area contributed by atoms with Gasteiger partial charge in [-0.3, -0.25) is 5.01 Å². The third-order valence-corrected chi connectivity index (χ3v) is 4.79. The smallest absolute Gasteiger partial charge is 0.158 e. The third kappa shape index (κ3) is 3.41. The molecule has 4 nitrogen and oxygen atoms in total. The van der Waals surface area contributed by atoms with Gasteiger partial charge in [-0.1, -0.05) is 42.5 Å². The Bertz CT molecular complexity index is 747. The van der Waals surface area contributed by atoms with Gasteiger partial charge in [-0.05, 0) is 45.4 Å². The van der Waals surface area contributed by atoms with E-state index >= 15 is 0 Å². The molecule has 3 rings (SSSR count). The normalized spacial score (nSPS) is 17.2. The molecule has 0 bridgehead atoms. The molecule has 0 saturated heterocycles. The third-order valence-electron chi connectivity index (χ3n) is 4.79. The van der Waals surface area contributed by atoms with E-state index < -0.39 is 0 Å². The minimum atomic E-state index is 0.112. The highest BCUT2D eigenvalue weighted by Crippen LogP contribution is 2.36. The maximum Gasteiger partial charge on any atom is 0.158 e. The molecule has 0 saturated carbocycles. The predicted octanol–water partition coefficient (Wildman–Crippen LogP) is 4.55. The van der Waals surface area contributed by atoms with E-state index in [1.165, 1.54) is 16.8 Å². The van der Waals surface area contributed by atoms with Crippen molar-refractivity contribution in [1.82, 2.24) is 9.91 Å². The largest absolute Gasteiger partial charge is 0.378 e. The van der Waals surface area contributed by atoms with E-state index in [9.17, 15) is 0 Å². The van der Waals surface area contributed by atoms with Crippen LogP contribution in [0.4, 0.5) is 5.69 Å². The summed E-state index contributed by atoms with van der Waals surface area (Å²) in [4.78, 5) is 4.56. The molecule has 0 aliphatic carbocycles. The Morgan fingerprint density at radius 3 is 1.96 bits per heavy atom. The summed E-state index contributed by atoms with van der Waals surface area (Å²) in [5.74, 6) is 1.05. The van der Waals surface area contributed by atoms with Gasteiger partial charge in [0.2, 0.25) is 0 Å². The Balaban J connectivity index is 2.04. The molecule has 138 valence electrons. The van der Waals surface area contributed by atoms with Gasteiger partial charge in [0.05, 0.1) is 0 Å². The zero-order valence-electron chi connectivity index (χ0n) is 16.7. The van der Waals surface area contributed by atoms with E-state index in [0.717, 1.165) is 5.84 Å². The molecule has 26 heavy (non-hydrogen) atoms. The van der Waals surface area contributed by atoms with Crippen molar-refractivity contribution < 1.29 is 0 Å². The summed E-state index contributed by atoms with van der Waals surface area (Å²) >= 11 is 0. The molecule has 1 heterocycles. The molecule has 0 fully saturated rings. The van der Waals surface area contributed by atoms with Gasteiger partial charge in [0.15, 0.2) is 5.84 Å². The second-order valence-electron chi connectivity index (χ2n) is 7.62. The van der Waals surface area contributed by atoms with Gasteiger partial charge in [-0.25, -0.2) is 0 Å². The average Bonchev–Trinajstić information content (AvgIpc) is 3.03. The molecule has 0 radical (unpaired) electrons. The zero-order chi connectivity index (χ0) is 18.8. The highest BCUT2D eigenvalue weighted by atomic mass is 15.6. The number of nitrogens with zero attached hydrogens (tertiary/aromatic N) is 4. The number of benzene rings is 2. The lowest BCUT2D eigenvalue weighted by Crippen LogP contribution is -2.41. The Morgan fingerprint density at radius 1 is 0.846 bits per heavy atom. The van der Waals surface area contributed by atoms with Crippen LogP contribution in [0.2, 0.25) is 0 Å². The summed E-state index contributed by atoms with van der Waals surface area (Å²) in [6.45, 7) is 8.89. The number of hydrogen-bond acceptors (Lipinski definition) is 4. The first-order valence-electron chi connectivity index (χ1n) is 9.38. The van der Waals surface area contributed by atoms with Gasteiger partial charge in [-0.15, -0.1) is 0 Å². The van der Waals surface area contributed by atoms with Crippen molar-refractivity contribution in [3.05, 3.63) is 65.7 Å². The minimum Gasteiger partial charge on any atom is -0.378 e. The van der Waals surface area contributed by atoms with E-state index in [1.54, 1.807) is 0 Å². The molecule has 1 aliphatic rings. The molecule has 2 aromatic carbocycles. The van der Waals surface area contributed by atoms with Crippen molar-refractivity contribution in [2.45, 2.75) is 45.9 Å². The lowest BCUT2D eigenvalue weighted by molar-refractivity contribution is 0.0837. The molecular weight excluding hydrogens is 320 g/mol. The number of rotatable bonds is 5. The minimum absolute atomic E-state index is 0.112. The zero-order valence-corrected chi connectivity index (χ0v) is 16.7. The van der Waals surface area contributed by atoms with Crippen LogP contribution in [0.5, 0.6) is 0 Å². The van der Waals surface area contributed by atoms with E-state index in [-0.39, 0.29) is 6.17 Å². The van der Waals surface area contributed by atoms with Crippen molar-refractivity contribution in [2.75, 3.05) is 19.0 Å². The van der Waals surface area contributed by atoms with Crippen LogP contribution in [0.15, 0.2) is 59.7 Å². The predicted molar refractivity (Wildman–Crippen MR) is 110 cm³/mol. The standard InChI is InChI=1S/C22H30N4/c1-16(2)25-21(18-10-8-7-9-11-18)23-26(17(3)4)22(25)19-12-14-20(15-13-19)24(5)6/h7-17,22H,1-6H3. The van der Waals surface area contributed by atoms with Crippen molar-refractivity contribution in [2.24, 2.45) is 5.10 Å². The van der Waals surface area contributed by atoms with E-state index in [1.807, 2.05) is 0 Å². The van der Waals surface area contributed by atoms with Crippen LogP contribution in [0.25, 0.3) is 0 Å². The summed E-state index contributed by atoms with van der Waals surface area (Å²) in [6, 6.07) is 20.0. The van der Waals surface area contributed by atoms with Crippen molar-refractivity contribution in [3.8, 4) is 0 Å². The summed E-state index contributed by atoms with van der Waals surface area (Å²) < 4.78 is 0. The van der Waals surface area contributed by atoms with Gasteiger partial charge in [0, 0.05) is 37.4 Å². The molecular formula is C22H30N4. The van der Waals surface area contributed by atoms with Crippen LogP contribution in [0.3, 0.4) is 0 Å². The second-order valence-corrected chi connectivity index (χ2v) is 7.62. The second kappa shape index (κ2) is 7.40. The topological polar surface area (TPSA) is 22.1 Å². The Kier molecular flexibility index (Phi) is 5.21. The fraction of sp³-hybridized carbons (Fsp3) is 0.409. The first-order valence-corrected chi connectivity index (χ1v) is 9.38. The average molecular weight is 351 g/mol. The maximum atomic E-state index is 5.04. The summed E-state index contributed by atoms with van der Waals surface area (Å²) in [7, 11) is 4.14. The SMILES string of the molecule is CC(C)N1N=C(c2ccccc2)N(C(C)C)C1c1ccc(N(C)C)cc1. The molecule has 1 atom stereocenters. The Labute approximate surface area is 157 Å². The van der Waals surface area contributed by atoms with E-state index in [2.05, 4.69) is 111 Å². The van der Waals surface area contributed by atoms with Gasteiger partial charge >= 0.3 is 0 Å². The monoisotopic (exact) mass is 350 g/mol. The van der Waals surface area contributed by atoms with Crippen molar-refractivity contribution in [1.29, 1.82) is 0 Å². The quantitative estimate of drug-likeness (QED) is 0.790. The van der Waals surface area contributed by atoms with Crippen LogP contribution in [-0.2, 0) is 0 Å². The highest BCUT2D eigenvalue weighted by Gasteiger charge is 2.38. The van der Waals surface area contributed by atoms with Crippen LogP contribution >= 0.6 is 0 Å². The number of anilines is 1. The molecule has 4 heteroatoms. The lowest BCUT2D eigenvalue weighted by Gasteiger charge is -2.36. The summed E-state index contributed by atoms with van der Waals surface area (Å²) in [5, 5.41) is 7.27. The summed E-state index contributed by atoms with van der Waals surface area (Å²) in [5.41, 5.74) is 3.65. The first kappa shape index (κ1) is 18.3. The Morgan fingerprint density at radius 2 is 1.46 bits per heavy atom. The number of amidine groups is 1. The fourth-order valence-electron chi connectivity index (χ4n) is 3.44. The summed E-state index contributed by atoms with van der Waals surface area (Å²) in [6.07, 6.45) is 0.112. The molecule has 1 aliphatic heterocycles. The lowest BCUT2D eigenvalue weighted by atomic mass is 10.1. The van der Waals surface area contributed by atoms with Gasteiger partial charge in [-0.2, -0.15) is 5.10 Å². The highest BCUT2D eigenvalue weighted by molar-refractivity contribution is 6.00. The van der Waals surface area contributed by atoms with Crippen LogP contribution in [0.1, 0.15) is 45.0 Å². The van der Waals surface area contributed by atoms with E-state index in [4.69, 9.17) is 5.10 Å². The maximum absolute atomic E-state index is 5.04. The van der Waals surface area contributed by atoms with Crippen molar-refractivity contribution in [3.63, 3.8) is 0 Å². The molecule has 0 amide bonds. The molecule has 0 aromatic heterocycles. The van der Waals surface area contributed by atoms with Gasteiger partial charge in [0.1, 0.15) is 6.17 Å². The Hall–Kier alpha value is -2.49.